The number of phenolic OH excluding ortho intramolecular Hbond substituents is 1. The second kappa shape index (κ2) is 10.4. The predicted octanol–water partition coefficient (Wildman–Crippen LogP) is 2.61. The Morgan fingerprint density at radius 1 is 1.09 bits per heavy atom. The van der Waals surface area contributed by atoms with E-state index in [-0.39, 0.29) is 40.9 Å². The first-order valence-electron chi connectivity index (χ1n) is 9.69. The number of nitro groups is 1. The number of carbonyl (C=O) groups is 1. The van der Waals surface area contributed by atoms with E-state index in [2.05, 4.69) is 5.32 Å². The molecule has 1 amide bonds. The van der Waals surface area contributed by atoms with E-state index in [4.69, 9.17) is 14.2 Å². The maximum atomic E-state index is 13.0. The molecule has 0 aromatic heterocycles. The highest BCUT2D eigenvalue weighted by Crippen LogP contribution is 2.46. The Balaban J connectivity index is 2.60. The molecule has 180 valence electrons. The van der Waals surface area contributed by atoms with Crippen LogP contribution in [0.15, 0.2) is 29.2 Å². The fourth-order valence-corrected chi connectivity index (χ4v) is 4.66. The molecule has 0 aliphatic rings. The van der Waals surface area contributed by atoms with Gasteiger partial charge >= 0.3 is 5.69 Å². The Morgan fingerprint density at radius 2 is 1.70 bits per heavy atom. The normalized spacial score (nSPS) is 11.2. The number of nitro benzene ring substituents is 1. The average molecular weight is 483 g/mol. The lowest BCUT2D eigenvalue weighted by Gasteiger charge is -2.19. The number of methoxy groups -OCH3 is 3. The fourth-order valence-electron chi connectivity index (χ4n) is 3.17. The van der Waals surface area contributed by atoms with Crippen molar-refractivity contribution >= 4 is 27.3 Å². The number of carbonyl (C=O) groups excluding carboxylic acids is 1. The van der Waals surface area contributed by atoms with Crippen LogP contribution in [0.1, 0.15) is 24.2 Å². The van der Waals surface area contributed by atoms with Crippen LogP contribution < -0.4 is 19.5 Å². The molecular weight excluding hydrogens is 458 g/mol. The van der Waals surface area contributed by atoms with E-state index in [0.717, 1.165) is 18.2 Å². The molecule has 0 bridgehead atoms. The van der Waals surface area contributed by atoms with Crippen molar-refractivity contribution in [3.8, 4) is 23.0 Å². The first kappa shape index (κ1) is 25.7. The van der Waals surface area contributed by atoms with Crippen molar-refractivity contribution < 1.29 is 37.5 Å². The summed E-state index contributed by atoms with van der Waals surface area (Å²) in [6, 6.07) is 4.46. The summed E-state index contributed by atoms with van der Waals surface area (Å²) in [6.45, 7) is 3.79. The Bertz CT molecular complexity index is 1160. The largest absolute Gasteiger partial charge is 0.506 e. The maximum absolute atomic E-state index is 13.0. The highest BCUT2D eigenvalue weighted by atomic mass is 32.2. The van der Waals surface area contributed by atoms with Gasteiger partial charge in [0.05, 0.1) is 36.8 Å². The zero-order chi connectivity index (χ0) is 24.9. The van der Waals surface area contributed by atoms with Gasteiger partial charge in [-0.25, -0.2) is 8.42 Å². The number of sulfonamides is 1. The summed E-state index contributed by atoms with van der Waals surface area (Å²) in [7, 11) is -0.191. The van der Waals surface area contributed by atoms with Crippen molar-refractivity contribution in [3.63, 3.8) is 0 Å². The van der Waals surface area contributed by atoms with Crippen LogP contribution in [0, 0.1) is 10.1 Å². The first-order chi connectivity index (χ1) is 15.6. The number of hydrogen-bond donors (Lipinski definition) is 2. The fraction of sp³-hybridized carbons (Fsp3) is 0.350. The van der Waals surface area contributed by atoms with Crippen molar-refractivity contribution in [1.29, 1.82) is 0 Å². The van der Waals surface area contributed by atoms with Gasteiger partial charge in [0.15, 0.2) is 5.75 Å². The molecule has 0 fully saturated rings. The molecule has 12 nitrogen and oxygen atoms in total. The van der Waals surface area contributed by atoms with E-state index in [0.29, 0.717) is 0 Å². The summed E-state index contributed by atoms with van der Waals surface area (Å²) in [5.41, 5.74) is -1.40. The summed E-state index contributed by atoms with van der Waals surface area (Å²) in [5.74, 6) is -1.87. The summed E-state index contributed by atoms with van der Waals surface area (Å²) in [6.07, 6.45) is 0. The zero-order valence-corrected chi connectivity index (χ0v) is 19.6. The van der Waals surface area contributed by atoms with Gasteiger partial charge in [0.1, 0.15) is 11.3 Å². The molecule has 0 aliphatic heterocycles. The van der Waals surface area contributed by atoms with E-state index < -0.39 is 37.9 Å². The van der Waals surface area contributed by atoms with Crippen LogP contribution in [-0.2, 0) is 10.0 Å². The highest BCUT2D eigenvalue weighted by Gasteiger charge is 2.33. The van der Waals surface area contributed by atoms with Crippen molar-refractivity contribution in [2.75, 3.05) is 39.7 Å². The lowest BCUT2D eigenvalue weighted by Crippen LogP contribution is -2.30. The monoisotopic (exact) mass is 483 g/mol. The molecule has 2 aromatic rings. The lowest BCUT2D eigenvalue weighted by atomic mass is 10.1. The molecule has 0 heterocycles. The minimum absolute atomic E-state index is 0.00724. The number of benzene rings is 2. The third kappa shape index (κ3) is 4.93. The third-order valence-electron chi connectivity index (χ3n) is 4.79. The number of ether oxygens (including phenoxy) is 3. The van der Waals surface area contributed by atoms with Crippen LogP contribution in [0.25, 0.3) is 0 Å². The zero-order valence-electron chi connectivity index (χ0n) is 18.7. The van der Waals surface area contributed by atoms with Crippen molar-refractivity contribution in [2.45, 2.75) is 18.7 Å². The minimum atomic E-state index is -3.89. The summed E-state index contributed by atoms with van der Waals surface area (Å²) < 4.78 is 42.1. The molecule has 2 N–H and O–H groups in total. The van der Waals surface area contributed by atoms with Crippen molar-refractivity contribution in [1.82, 2.24) is 4.31 Å². The Hall–Kier alpha value is -3.58. The van der Waals surface area contributed by atoms with E-state index in [1.54, 1.807) is 13.8 Å². The van der Waals surface area contributed by atoms with E-state index in [9.17, 15) is 28.4 Å². The number of amides is 1. The van der Waals surface area contributed by atoms with E-state index >= 15 is 0 Å². The van der Waals surface area contributed by atoms with Crippen LogP contribution in [0.3, 0.4) is 0 Å². The molecular formula is C20H25N3O9S. The van der Waals surface area contributed by atoms with Gasteiger partial charge in [-0.1, -0.05) is 13.8 Å². The molecule has 0 saturated carbocycles. The number of anilines is 1. The van der Waals surface area contributed by atoms with Gasteiger partial charge in [-0.2, -0.15) is 4.31 Å². The molecule has 0 aliphatic carbocycles. The summed E-state index contributed by atoms with van der Waals surface area (Å²) in [5, 5.41) is 24.2. The van der Waals surface area contributed by atoms with Gasteiger partial charge < -0.3 is 24.6 Å². The maximum Gasteiger partial charge on any atom is 0.327 e. The SMILES string of the molecule is CCN(CC)S(=O)(=O)c1ccc(O)c(NC(=O)c2cc(OC)c(OC)c(OC)c2[N+](=O)[O-])c1. The summed E-state index contributed by atoms with van der Waals surface area (Å²) in [4.78, 5) is 23.7. The van der Waals surface area contributed by atoms with Crippen LogP contribution in [0.5, 0.6) is 23.0 Å². The predicted molar refractivity (Wildman–Crippen MR) is 119 cm³/mol. The van der Waals surface area contributed by atoms with E-state index in [1.807, 2.05) is 0 Å². The molecule has 0 atom stereocenters. The number of rotatable bonds is 10. The number of nitrogens with zero attached hydrogens (tertiary/aromatic N) is 2. The second-order valence-corrected chi connectivity index (χ2v) is 8.46. The quantitative estimate of drug-likeness (QED) is 0.294. The van der Waals surface area contributed by atoms with Crippen molar-refractivity contribution in [3.05, 3.63) is 39.9 Å². The Morgan fingerprint density at radius 3 is 2.18 bits per heavy atom. The van der Waals surface area contributed by atoms with Gasteiger partial charge in [0.2, 0.25) is 21.5 Å². The van der Waals surface area contributed by atoms with Gasteiger partial charge in [0, 0.05) is 19.2 Å². The molecule has 33 heavy (non-hydrogen) atoms. The number of aromatic hydroxyl groups is 1. The van der Waals surface area contributed by atoms with Crippen LogP contribution in [0.2, 0.25) is 0 Å². The smallest absolute Gasteiger partial charge is 0.327 e. The standard InChI is InChI=1S/C20H25N3O9S/c1-6-22(7-2)33(28,29)12-8-9-15(24)14(10-12)21-20(25)13-11-16(30-3)18(31-4)19(32-5)17(13)23(26)27/h8-11,24H,6-7H2,1-5H3,(H,21,25). The third-order valence-corrected chi connectivity index (χ3v) is 6.84. The average Bonchev–Trinajstić information content (AvgIpc) is 2.78. The van der Waals surface area contributed by atoms with Gasteiger partial charge in [-0.05, 0) is 18.2 Å². The van der Waals surface area contributed by atoms with Crippen LogP contribution in [0.4, 0.5) is 11.4 Å². The number of phenols is 1. The van der Waals surface area contributed by atoms with Gasteiger partial charge in [0.25, 0.3) is 5.91 Å². The van der Waals surface area contributed by atoms with Gasteiger partial charge in [-0.3, -0.25) is 14.9 Å². The minimum Gasteiger partial charge on any atom is -0.506 e. The highest BCUT2D eigenvalue weighted by molar-refractivity contribution is 7.89. The molecule has 13 heteroatoms. The number of nitrogens with one attached hydrogen (secondary N) is 1. The first-order valence-corrected chi connectivity index (χ1v) is 11.1. The number of hydrogen-bond acceptors (Lipinski definition) is 9. The Labute approximate surface area is 190 Å². The molecule has 0 spiro atoms. The van der Waals surface area contributed by atoms with Gasteiger partial charge in [-0.15, -0.1) is 0 Å². The molecule has 2 rings (SSSR count). The molecule has 2 aromatic carbocycles. The van der Waals surface area contributed by atoms with Crippen LogP contribution in [-0.4, -0.2) is 63.1 Å². The second-order valence-electron chi connectivity index (χ2n) is 6.52. The molecule has 0 unspecified atom stereocenters. The lowest BCUT2D eigenvalue weighted by molar-refractivity contribution is -0.386. The molecule has 0 saturated heterocycles. The Kier molecular flexibility index (Phi) is 8.06. The van der Waals surface area contributed by atoms with Crippen molar-refractivity contribution in [2.24, 2.45) is 0 Å². The molecule has 0 radical (unpaired) electrons. The van der Waals surface area contributed by atoms with Crippen LogP contribution >= 0.6 is 0 Å². The summed E-state index contributed by atoms with van der Waals surface area (Å²) >= 11 is 0. The van der Waals surface area contributed by atoms with E-state index in [1.165, 1.54) is 31.7 Å². The topological polar surface area (TPSA) is 158 Å².